The van der Waals surface area contributed by atoms with Crippen molar-refractivity contribution in [2.75, 3.05) is 6.26 Å². The molecule has 0 fully saturated rings. The van der Waals surface area contributed by atoms with Crippen LogP contribution in [0.5, 0.6) is 0 Å². The van der Waals surface area contributed by atoms with E-state index >= 15 is 0 Å². The Balaban J connectivity index is 2.72. The molecular formula is C14H21N3O3S. The van der Waals surface area contributed by atoms with Crippen LogP contribution in [0.3, 0.4) is 0 Å². The summed E-state index contributed by atoms with van der Waals surface area (Å²) in [6, 6.07) is 0. The fourth-order valence-electron chi connectivity index (χ4n) is 1.86. The number of hydrogen-bond acceptors (Lipinski definition) is 5. The fourth-order valence-corrected chi connectivity index (χ4v) is 2.32. The number of nitrogens with zero attached hydrogens (tertiary/aromatic N) is 2. The number of amides is 1. The largest absolute Gasteiger partial charge is 0.480 e. The summed E-state index contributed by atoms with van der Waals surface area (Å²) < 4.78 is 0. The molecule has 0 saturated heterocycles. The SMILES string of the molecule is CSc1nc(C)c(CCC(=O)NC(C)(C)C(=O)O)c(C)n1. The van der Waals surface area contributed by atoms with Crippen molar-refractivity contribution in [1.82, 2.24) is 15.3 Å². The first-order chi connectivity index (χ1) is 9.67. The number of rotatable bonds is 6. The average Bonchev–Trinajstić information content (AvgIpc) is 2.36. The maximum atomic E-state index is 11.9. The Morgan fingerprint density at radius 3 is 2.19 bits per heavy atom. The van der Waals surface area contributed by atoms with Crippen LogP contribution in [0.2, 0.25) is 0 Å². The Morgan fingerprint density at radius 1 is 1.24 bits per heavy atom. The van der Waals surface area contributed by atoms with Crippen molar-refractivity contribution in [3.05, 3.63) is 17.0 Å². The van der Waals surface area contributed by atoms with Crippen LogP contribution in [0.15, 0.2) is 5.16 Å². The van der Waals surface area contributed by atoms with E-state index < -0.39 is 11.5 Å². The maximum absolute atomic E-state index is 11.9. The molecular weight excluding hydrogens is 290 g/mol. The Labute approximate surface area is 128 Å². The smallest absolute Gasteiger partial charge is 0.328 e. The van der Waals surface area contributed by atoms with Gasteiger partial charge in [0.2, 0.25) is 5.91 Å². The highest BCUT2D eigenvalue weighted by Crippen LogP contribution is 2.17. The predicted molar refractivity (Wildman–Crippen MR) is 81.5 cm³/mol. The Kier molecular flexibility index (Phi) is 5.71. The minimum atomic E-state index is -1.26. The minimum Gasteiger partial charge on any atom is -0.480 e. The number of aliphatic carboxylic acids is 1. The van der Waals surface area contributed by atoms with Crippen LogP contribution in [0, 0.1) is 13.8 Å². The van der Waals surface area contributed by atoms with E-state index in [2.05, 4.69) is 15.3 Å². The maximum Gasteiger partial charge on any atom is 0.328 e. The van der Waals surface area contributed by atoms with Crippen LogP contribution in [0.4, 0.5) is 0 Å². The molecule has 2 N–H and O–H groups in total. The molecule has 0 aromatic carbocycles. The van der Waals surface area contributed by atoms with Gasteiger partial charge in [0.15, 0.2) is 5.16 Å². The van der Waals surface area contributed by atoms with Crippen LogP contribution in [-0.4, -0.2) is 38.7 Å². The van der Waals surface area contributed by atoms with E-state index in [9.17, 15) is 9.59 Å². The molecule has 0 radical (unpaired) electrons. The normalized spacial score (nSPS) is 11.3. The summed E-state index contributed by atoms with van der Waals surface area (Å²) in [5.41, 5.74) is 1.39. The van der Waals surface area contributed by atoms with Gasteiger partial charge < -0.3 is 10.4 Å². The number of aryl methyl sites for hydroxylation is 2. The topological polar surface area (TPSA) is 92.2 Å². The summed E-state index contributed by atoms with van der Waals surface area (Å²) in [5, 5.41) is 12.2. The van der Waals surface area contributed by atoms with Gasteiger partial charge in [-0.3, -0.25) is 4.79 Å². The van der Waals surface area contributed by atoms with Crippen molar-refractivity contribution in [3.8, 4) is 0 Å². The van der Waals surface area contributed by atoms with Crippen molar-refractivity contribution in [2.45, 2.75) is 51.2 Å². The summed E-state index contributed by atoms with van der Waals surface area (Å²) in [6.45, 7) is 6.70. The lowest BCUT2D eigenvalue weighted by molar-refractivity contribution is -0.146. The van der Waals surface area contributed by atoms with Crippen LogP contribution < -0.4 is 5.32 Å². The van der Waals surface area contributed by atoms with Gasteiger partial charge in [0.05, 0.1) is 0 Å². The number of thioether (sulfide) groups is 1. The van der Waals surface area contributed by atoms with Gasteiger partial charge in [-0.05, 0) is 45.9 Å². The molecule has 116 valence electrons. The molecule has 0 aliphatic carbocycles. The van der Waals surface area contributed by atoms with E-state index in [0.29, 0.717) is 11.6 Å². The molecule has 1 rings (SSSR count). The minimum absolute atomic E-state index is 0.209. The lowest BCUT2D eigenvalue weighted by Gasteiger charge is -2.21. The molecule has 0 aliphatic rings. The van der Waals surface area contributed by atoms with Gasteiger partial charge in [-0.2, -0.15) is 0 Å². The van der Waals surface area contributed by atoms with Gasteiger partial charge in [-0.1, -0.05) is 11.8 Å². The number of carboxylic acids is 1. The van der Waals surface area contributed by atoms with Gasteiger partial charge in [0, 0.05) is 17.8 Å². The zero-order valence-corrected chi connectivity index (χ0v) is 13.8. The molecule has 1 amide bonds. The number of carbonyl (C=O) groups is 2. The third-order valence-electron chi connectivity index (χ3n) is 3.17. The molecule has 21 heavy (non-hydrogen) atoms. The van der Waals surface area contributed by atoms with Crippen molar-refractivity contribution < 1.29 is 14.7 Å². The Hall–Kier alpha value is -1.63. The highest BCUT2D eigenvalue weighted by atomic mass is 32.2. The molecule has 1 aromatic rings. The van der Waals surface area contributed by atoms with E-state index in [4.69, 9.17) is 5.11 Å². The third kappa shape index (κ3) is 4.70. The summed E-state index contributed by atoms with van der Waals surface area (Å²) in [7, 11) is 0. The Morgan fingerprint density at radius 2 is 1.76 bits per heavy atom. The summed E-state index contributed by atoms with van der Waals surface area (Å²) in [6.07, 6.45) is 2.61. The number of aromatic nitrogens is 2. The highest BCUT2D eigenvalue weighted by Gasteiger charge is 2.28. The first kappa shape index (κ1) is 17.4. The second kappa shape index (κ2) is 6.89. The van der Waals surface area contributed by atoms with Crippen molar-refractivity contribution in [2.24, 2.45) is 0 Å². The molecule has 1 heterocycles. The van der Waals surface area contributed by atoms with Gasteiger partial charge in [0.25, 0.3) is 0 Å². The summed E-state index contributed by atoms with van der Waals surface area (Å²) >= 11 is 1.47. The van der Waals surface area contributed by atoms with Crippen molar-refractivity contribution >= 4 is 23.6 Å². The van der Waals surface area contributed by atoms with Gasteiger partial charge in [-0.15, -0.1) is 0 Å². The lowest BCUT2D eigenvalue weighted by Crippen LogP contribution is -2.49. The quantitative estimate of drug-likeness (QED) is 0.614. The zero-order chi connectivity index (χ0) is 16.2. The fraction of sp³-hybridized carbons (Fsp3) is 0.571. The number of carboxylic acid groups (broad SMARTS) is 1. The van der Waals surface area contributed by atoms with Crippen molar-refractivity contribution in [1.29, 1.82) is 0 Å². The molecule has 1 aromatic heterocycles. The molecule has 0 unspecified atom stereocenters. The van der Waals surface area contributed by atoms with Crippen LogP contribution in [-0.2, 0) is 16.0 Å². The molecule has 0 atom stereocenters. The highest BCUT2D eigenvalue weighted by molar-refractivity contribution is 7.98. The number of hydrogen-bond donors (Lipinski definition) is 2. The zero-order valence-electron chi connectivity index (χ0n) is 13.0. The van der Waals surface area contributed by atoms with E-state index in [0.717, 1.165) is 17.0 Å². The molecule has 6 nitrogen and oxygen atoms in total. The first-order valence-electron chi connectivity index (χ1n) is 6.60. The summed E-state index contributed by atoms with van der Waals surface area (Å²) in [5.74, 6) is -1.36. The molecule has 0 saturated carbocycles. The number of carbonyl (C=O) groups excluding carboxylic acids is 1. The molecule has 0 bridgehead atoms. The standard InChI is InChI=1S/C14H21N3O3S/c1-8-10(9(2)16-13(15-8)21-5)6-7-11(18)17-14(3,4)12(19)20/h6-7H2,1-5H3,(H,17,18)(H,19,20). The van der Waals surface area contributed by atoms with Crippen LogP contribution >= 0.6 is 11.8 Å². The number of nitrogens with one attached hydrogen (secondary N) is 1. The second-order valence-electron chi connectivity index (χ2n) is 5.34. The third-order valence-corrected chi connectivity index (χ3v) is 3.72. The average molecular weight is 311 g/mol. The van der Waals surface area contributed by atoms with E-state index in [1.165, 1.54) is 25.6 Å². The molecule has 0 aliphatic heterocycles. The van der Waals surface area contributed by atoms with Crippen LogP contribution in [0.25, 0.3) is 0 Å². The van der Waals surface area contributed by atoms with E-state index in [1.807, 2.05) is 20.1 Å². The summed E-state index contributed by atoms with van der Waals surface area (Å²) in [4.78, 5) is 31.6. The van der Waals surface area contributed by atoms with Gasteiger partial charge >= 0.3 is 5.97 Å². The Bertz CT molecular complexity index is 535. The van der Waals surface area contributed by atoms with Crippen LogP contribution in [0.1, 0.15) is 37.2 Å². The second-order valence-corrected chi connectivity index (χ2v) is 6.11. The predicted octanol–water partition coefficient (Wildman–Crippen LogP) is 1.73. The van der Waals surface area contributed by atoms with E-state index in [1.54, 1.807) is 0 Å². The van der Waals surface area contributed by atoms with Gasteiger partial charge in [0.1, 0.15) is 5.54 Å². The van der Waals surface area contributed by atoms with E-state index in [-0.39, 0.29) is 12.3 Å². The van der Waals surface area contributed by atoms with Gasteiger partial charge in [-0.25, -0.2) is 14.8 Å². The first-order valence-corrected chi connectivity index (χ1v) is 7.82. The molecule has 7 heteroatoms. The monoisotopic (exact) mass is 311 g/mol. The molecule has 0 spiro atoms. The van der Waals surface area contributed by atoms with Crippen molar-refractivity contribution in [3.63, 3.8) is 0 Å². The lowest BCUT2D eigenvalue weighted by atomic mass is 10.0.